The number of benzene rings is 1. The molecular formula is C13H19ClN2O2. The summed E-state index contributed by atoms with van der Waals surface area (Å²) in [7, 11) is 1.61. The van der Waals surface area contributed by atoms with E-state index in [0.717, 1.165) is 5.56 Å². The Bertz CT molecular complexity index is 368. The molecule has 0 bridgehead atoms. The molecule has 2 N–H and O–H groups in total. The fourth-order valence-electron chi connectivity index (χ4n) is 1.40. The molecule has 100 valence electrons. The number of methoxy groups -OCH3 is 1. The molecule has 1 unspecified atom stereocenters. The van der Waals surface area contributed by atoms with Crippen LogP contribution >= 0.6 is 11.6 Å². The summed E-state index contributed by atoms with van der Waals surface area (Å²) in [5.41, 5.74) is 1.09. The third-order valence-corrected chi connectivity index (χ3v) is 2.78. The Morgan fingerprint density at radius 2 is 2.06 bits per heavy atom. The van der Waals surface area contributed by atoms with Crippen molar-refractivity contribution >= 4 is 17.5 Å². The summed E-state index contributed by atoms with van der Waals surface area (Å²) in [6.07, 6.45) is 0. The van der Waals surface area contributed by atoms with Crippen LogP contribution in [0.4, 0.5) is 0 Å². The van der Waals surface area contributed by atoms with Gasteiger partial charge in [0.2, 0.25) is 5.91 Å². The number of carbonyl (C=O) groups excluding carboxylic acids is 1. The summed E-state index contributed by atoms with van der Waals surface area (Å²) in [4.78, 5) is 11.6. The lowest BCUT2D eigenvalue weighted by atomic mass is 10.2. The van der Waals surface area contributed by atoms with E-state index in [9.17, 15) is 4.79 Å². The highest BCUT2D eigenvalue weighted by Gasteiger charge is 2.10. The standard InChI is InChI=1S/C13H19ClN2O2/c1-10(13(17)15-7-8-18-2)16-9-11-3-5-12(14)6-4-11/h3-6,10,16H,7-9H2,1-2H3,(H,15,17). The van der Waals surface area contributed by atoms with Gasteiger partial charge in [0.25, 0.3) is 0 Å². The lowest BCUT2D eigenvalue weighted by Crippen LogP contribution is -2.42. The quantitative estimate of drug-likeness (QED) is 0.740. The summed E-state index contributed by atoms with van der Waals surface area (Å²) in [6, 6.07) is 7.30. The van der Waals surface area contributed by atoms with E-state index in [4.69, 9.17) is 16.3 Å². The van der Waals surface area contributed by atoms with Crippen LogP contribution in [0.5, 0.6) is 0 Å². The SMILES string of the molecule is COCCNC(=O)C(C)NCc1ccc(Cl)cc1. The average molecular weight is 271 g/mol. The Morgan fingerprint density at radius 3 is 2.67 bits per heavy atom. The van der Waals surface area contributed by atoms with Gasteiger partial charge in [-0.15, -0.1) is 0 Å². The molecule has 0 aliphatic heterocycles. The molecule has 1 aromatic carbocycles. The number of halogens is 1. The van der Waals surface area contributed by atoms with E-state index in [2.05, 4.69) is 10.6 Å². The van der Waals surface area contributed by atoms with E-state index in [-0.39, 0.29) is 11.9 Å². The summed E-state index contributed by atoms with van der Waals surface area (Å²) >= 11 is 5.80. The number of hydrogen-bond acceptors (Lipinski definition) is 3. The van der Waals surface area contributed by atoms with E-state index >= 15 is 0 Å². The van der Waals surface area contributed by atoms with Gasteiger partial charge in [0.1, 0.15) is 0 Å². The maximum absolute atomic E-state index is 11.6. The van der Waals surface area contributed by atoms with Crippen molar-refractivity contribution in [1.82, 2.24) is 10.6 Å². The van der Waals surface area contributed by atoms with Crippen molar-refractivity contribution < 1.29 is 9.53 Å². The molecule has 0 heterocycles. The predicted molar refractivity (Wildman–Crippen MR) is 72.6 cm³/mol. The summed E-state index contributed by atoms with van der Waals surface area (Å²) < 4.78 is 4.86. The molecule has 1 atom stereocenters. The lowest BCUT2D eigenvalue weighted by molar-refractivity contribution is -0.122. The minimum atomic E-state index is -0.238. The number of rotatable bonds is 7. The largest absolute Gasteiger partial charge is 0.383 e. The molecule has 0 aromatic heterocycles. The molecule has 0 aliphatic carbocycles. The molecule has 0 aliphatic rings. The highest BCUT2D eigenvalue weighted by molar-refractivity contribution is 6.30. The molecule has 0 fully saturated rings. The first-order chi connectivity index (χ1) is 8.63. The smallest absolute Gasteiger partial charge is 0.236 e. The molecule has 18 heavy (non-hydrogen) atoms. The van der Waals surface area contributed by atoms with Gasteiger partial charge in [0, 0.05) is 25.2 Å². The number of carbonyl (C=O) groups is 1. The van der Waals surface area contributed by atoms with Crippen LogP contribution in [0.3, 0.4) is 0 Å². The molecule has 0 saturated carbocycles. The van der Waals surface area contributed by atoms with Crippen molar-refractivity contribution in [2.75, 3.05) is 20.3 Å². The zero-order valence-electron chi connectivity index (χ0n) is 10.7. The van der Waals surface area contributed by atoms with Gasteiger partial charge in [-0.3, -0.25) is 4.79 Å². The minimum absolute atomic E-state index is 0.0268. The Hall–Kier alpha value is -1.10. The predicted octanol–water partition coefficient (Wildman–Crippen LogP) is 1.58. The molecule has 0 radical (unpaired) electrons. The molecule has 4 nitrogen and oxygen atoms in total. The Morgan fingerprint density at radius 1 is 1.39 bits per heavy atom. The van der Waals surface area contributed by atoms with Gasteiger partial charge in [-0.05, 0) is 24.6 Å². The van der Waals surface area contributed by atoms with Crippen molar-refractivity contribution in [3.05, 3.63) is 34.9 Å². The van der Waals surface area contributed by atoms with Gasteiger partial charge in [0.05, 0.1) is 12.6 Å². The van der Waals surface area contributed by atoms with Crippen molar-refractivity contribution in [3.8, 4) is 0 Å². The summed E-state index contributed by atoms with van der Waals surface area (Å²) in [5, 5.41) is 6.64. The van der Waals surface area contributed by atoms with E-state index in [1.807, 2.05) is 31.2 Å². The highest BCUT2D eigenvalue weighted by atomic mass is 35.5. The molecular weight excluding hydrogens is 252 g/mol. The highest BCUT2D eigenvalue weighted by Crippen LogP contribution is 2.09. The van der Waals surface area contributed by atoms with Crippen LogP contribution in [0, 0.1) is 0 Å². The number of nitrogens with one attached hydrogen (secondary N) is 2. The first-order valence-electron chi connectivity index (χ1n) is 5.88. The topological polar surface area (TPSA) is 50.4 Å². The first kappa shape index (κ1) is 15.0. The Balaban J connectivity index is 2.29. The maximum Gasteiger partial charge on any atom is 0.236 e. The zero-order chi connectivity index (χ0) is 13.4. The number of amides is 1. The second-order valence-electron chi connectivity index (χ2n) is 4.01. The van der Waals surface area contributed by atoms with Crippen LogP contribution in [-0.4, -0.2) is 32.2 Å². The average Bonchev–Trinajstić information content (AvgIpc) is 2.38. The van der Waals surface area contributed by atoms with Gasteiger partial charge in [-0.2, -0.15) is 0 Å². The fraction of sp³-hybridized carbons (Fsp3) is 0.462. The van der Waals surface area contributed by atoms with Crippen LogP contribution in [0.15, 0.2) is 24.3 Å². The van der Waals surface area contributed by atoms with E-state index in [1.165, 1.54) is 0 Å². The molecule has 1 amide bonds. The number of hydrogen-bond donors (Lipinski definition) is 2. The zero-order valence-corrected chi connectivity index (χ0v) is 11.5. The second kappa shape index (κ2) is 8.08. The van der Waals surface area contributed by atoms with Crippen molar-refractivity contribution in [2.45, 2.75) is 19.5 Å². The molecule has 1 aromatic rings. The van der Waals surface area contributed by atoms with Gasteiger partial charge < -0.3 is 15.4 Å². The Kier molecular flexibility index (Phi) is 6.72. The van der Waals surface area contributed by atoms with Gasteiger partial charge in [-0.1, -0.05) is 23.7 Å². The van der Waals surface area contributed by atoms with E-state index < -0.39 is 0 Å². The molecule has 5 heteroatoms. The summed E-state index contributed by atoms with van der Waals surface area (Å²) in [6.45, 7) is 3.52. The van der Waals surface area contributed by atoms with E-state index in [1.54, 1.807) is 7.11 Å². The monoisotopic (exact) mass is 270 g/mol. The van der Waals surface area contributed by atoms with Crippen molar-refractivity contribution in [3.63, 3.8) is 0 Å². The van der Waals surface area contributed by atoms with Crippen LogP contribution in [-0.2, 0) is 16.1 Å². The normalized spacial score (nSPS) is 12.2. The molecule has 0 spiro atoms. The van der Waals surface area contributed by atoms with Crippen LogP contribution in [0.25, 0.3) is 0 Å². The lowest BCUT2D eigenvalue weighted by Gasteiger charge is -2.14. The molecule has 0 saturated heterocycles. The van der Waals surface area contributed by atoms with Gasteiger partial charge >= 0.3 is 0 Å². The third kappa shape index (κ3) is 5.49. The van der Waals surface area contributed by atoms with Crippen LogP contribution < -0.4 is 10.6 Å². The first-order valence-corrected chi connectivity index (χ1v) is 6.25. The second-order valence-corrected chi connectivity index (χ2v) is 4.45. The fourth-order valence-corrected chi connectivity index (χ4v) is 1.52. The summed E-state index contributed by atoms with van der Waals surface area (Å²) in [5.74, 6) is -0.0268. The van der Waals surface area contributed by atoms with Crippen LogP contribution in [0.2, 0.25) is 5.02 Å². The minimum Gasteiger partial charge on any atom is -0.383 e. The molecule has 1 rings (SSSR count). The Labute approximate surface area is 113 Å². The maximum atomic E-state index is 11.6. The van der Waals surface area contributed by atoms with Gasteiger partial charge in [0.15, 0.2) is 0 Å². The van der Waals surface area contributed by atoms with Crippen LogP contribution in [0.1, 0.15) is 12.5 Å². The number of ether oxygens (including phenoxy) is 1. The third-order valence-electron chi connectivity index (χ3n) is 2.52. The van der Waals surface area contributed by atoms with E-state index in [0.29, 0.717) is 24.7 Å². The van der Waals surface area contributed by atoms with Crippen molar-refractivity contribution in [2.24, 2.45) is 0 Å². The van der Waals surface area contributed by atoms with Crippen molar-refractivity contribution in [1.29, 1.82) is 0 Å². The van der Waals surface area contributed by atoms with Gasteiger partial charge in [-0.25, -0.2) is 0 Å².